The van der Waals surface area contributed by atoms with Crippen LogP contribution < -0.4 is 0 Å². The molecule has 2 heterocycles. The largest absolute Gasteiger partial charge is 0.294 e. The molecule has 2 amide bonds. The Balaban J connectivity index is 1.90. The fraction of sp³-hybridized carbons (Fsp3) is 0.579. The van der Waals surface area contributed by atoms with Gasteiger partial charge in [-0.25, -0.2) is 0 Å². The molecule has 0 aliphatic carbocycles. The summed E-state index contributed by atoms with van der Waals surface area (Å²) in [6, 6.07) is 10.5. The summed E-state index contributed by atoms with van der Waals surface area (Å²) >= 11 is 0. The van der Waals surface area contributed by atoms with Crippen molar-refractivity contribution >= 4 is 11.8 Å². The zero-order valence-electron chi connectivity index (χ0n) is 14.2. The molecule has 0 aromatic heterocycles. The summed E-state index contributed by atoms with van der Waals surface area (Å²) in [6.07, 6.45) is 2.09. The molecule has 0 saturated carbocycles. The lowest BCUT2D eigenvalue weighted by Gasteiger charge is -2.33. The summed E-state index contributed by atoms with van der Waals surface area (Å²) in [5.41, 5.74) is 1.25. The van der Waals surface area contributed by atoms with Crippen molar-refractivity contribution in [2.24, 2.45) is 17.8 Å². The molecule has 1 aromatic carbocycles. The first-order valence-corrected chi connectivity index (χ1v) is 8.67. The van der Waals surface area contributed by atoms with Crippen LogP contribution in [0.25, 0.3) is 0 Å². The lowest BCUT2D eigenvalue weighted by molar-refractivity contribution is -0.139. The van der Waals surface area contributed by atoms with Gasteiger partial charge in [-0.2, -0.15) is 0 Å². The average molecular weight is 314 g/mol. The number of carbonyl (C=O) groups is 2. The Labute approximate surface area is 138 Å². The standard InChI is InChI=1S/C19H26N2O2/c1-4-14(5-2)17-16-15(18(22)20(3)19(16)23)12-21(17)11-13-9-7-6-8-10-13/h6-10,14-17H,4-5,11-12H2,1-3H3/t15-,16-,17+/m0/s1. The Kier molecular flexibility index (Phi) is 4.53. The van der Waals surface area contributed by atoms with Crippen molar-refractivity contribution in [2.75, 3.05) is 13.6 Å². The minimum atomic E-state index is -0.152. The number of hydrogen-bond donors (Lipinski definition) is 0. The number of likely N-dealkylation sites (tertiary alicyclic amines) is 2. The molecule has 23 heavy (non-hydrogen) atoms. The van der Waals surface area contributed by atoms with Crippen LogP contribution in [0.4, 0.5) is 0 Å². The molecule has 0 spiro atoms. The van der Waals surface area contributed by atoms with Crippen molar-refractivity contribution in [3.05, 3.63) is 35.9 Å². The van der Waals surface area contributed by atoms with Gasteiger partial charge in [-0.05, 0) is 11.5 Å². The lowest BCUT2D eigenvalue weighted by Crippen LogP contribution is -2.43. The number of rotatable bonds is 5. The van der Waals surface area contributed by atoms with E-state index in [4.69, 9.17) is 0 Å². The van der Waals surface area contributed by atoms with Gasteiger partial charge in [0.1, 0.15) is 0 Å². The van der Waals surface area contributed by atoms with Crippen LogP contribution in [0.3, 0.4) is 0 Å². The maximum Gasteiger partial charge on any atom is 0.234 e. The summed E-state index contributed by atoms with van der Waals surface area (Å²) in [4.78, 5) is 28.8. The Hall–Kier alpha value is -1.68. The van der Waals surface area contributed by atoms with Gasteiger partial charge in [-0.3, -0.25) is 19.4 Å². The molecule has 2 saturated heterocycles. The maximum absolute atomic E-state index is 12.6. The smallest absolute Gasteiger partial charge is 0.234 e. The Morgan fingerprint density at radius 1 is 1.09 bits per heavy atom. The Morgan fingerprint density at radius 3 is 2.35 bits per heavy atom. The van der Waals surface area contributed by atoms with Crippen LogP contribution in [0.15, 0.2) is 30.3 Å². The number of carbonyl (C=O) groups excluding carboxylic acids is 2. The number of hydrogen-bond acceptors (Lipinski definition) is 3. The molecule has 2 aliphatic rings. The minimum Gasteiger partial charge on any atom is -0.294 e. The number of nitrogens with zero attached hydrogens (tertiary/aromatic N) is 2. The van der Waals surface area contributed by atoms with Crippen molar-refractivity contribution < 1.29 is 9.59 Å². The predicted octanol–water partition coefficient (Wildman–Crippen LogP) is 2.54. The predicted molar refractivity (Wildman–Crippen MR) is 89.5 cm³/mol. The summed E-state index contributed by atoms with van der Waals surface area (Å²) < 4.78 is 0. The Bertz CT molecular complexity index is 582. The van der Waals surface area contributed by atoms with E-state index in [1.165, 1.54) is 10.5 Å². The molecular formula is C19H26N2O2. The van der Waals surface area contributed by atoms with Crippen molar-refractivity contribution in [3.8, 4) is 0 Å². The zero-order valence-corrected chi connectivity index (χ0v) is 14.2. The van der Waals surface area contributed by atoms with Crippen molar-refractivity contribution in [1.29, 1.82) is 0 Å². The first-order valence-electron chi connectivity index (χ1n) is 8.67. The summed E-state index contributed by atoms with van der Waals surface area (Å²) in [6.45, 7) is 5.90. The number of amides is 2. The normalized spacial score (nSPS) is 28.0. The van der Waals surface area contributed by atoms with Gasteiger partial charge in [0.15, 0.2) is 0 Å². The quantitative estimate of drug-likeness (QED) is 0.784. The van der Waals surface area contributed by atoms with E-state index in [1.807, 2.05) is 18.2 Å². The van der Waals surface area contributed by atoms with E-state index in [9.17, 15) is 9.59 Å². The van der Waals surface area contributed by atoms with Crippen LogP contribution in [-0.4, -0.2) is 41.2 Å². The van der Waals surface area contributed by atoms with Gasteiger partial charge in [0.2, 0.25) is 11.8 Å². The fourth-order valence-corrected chi connectivity index (χ4v) is 4.43. The topological polar surface area (TPSA) is 40.6 Å². The lowest BCUT2D eigenvalue weighted by atomic mass is 9.82. The van der Waals surface area contributed by atoms with Gasteiger partial charge in [-0.15, -0.1) is 0 Å². The fourth-order valence-electron chi connectivity index (χ4n) is 4.43. The highest BCUT2D eigenvalue weighted by molar-refractivity contribution is 6.05. The summed E-state index contributed by atoms with van der Waals surface area (Å²) in [5, 5.41) is 0. The molecule has 4 heteroatoms. The Morgan fingerprint density at radius 2 is 1.74 bits per heavy atom. The molecule has 124 valence electrons. The number of imide groups is 1. The highest BCUT2D eigenvalue weighted by atomic mass is 16.2. The van der Waals surface area contributed by atoms with Gasteiger partial charge in [-0.1, -0.05) is 57.0 Å². The van der Waals surface area contributed by atoms with E-state index in [1.54, 1.807) is 7.05 Å². The van der Waals surface area contributed by atoms with E-state index in [2.05, 4.69) is 30.9 Å². The number of fused-ring (bicyclic) bond motifs is 1. The van der Waals surface area contributed by atoms with Crippen molar-refractivity contribution in [2.45, 2.75) is 39.3 Å². The molecular weight excluding hydrogens is 288 g/mol. The first-order chi connectivity index (χ1) is 11.1. The second kappa shape index (κ2) is 6.44. The molecule has 3 atom stereocenters. The third kappa shape index (κ3) is 2.69. The molecule has 1 aromatic rings. The van der Waals surface area contributed by atoms with Gasteiger partial charge in [0.25, 0.3) is 0 Å². The third-order valence-electron chi connectivity index (χ3n) is 5.68. The van der Waals surface area contributed by atoms with Crippen LogP contribution in [0.2, 0.25) is 0 Å². The van der Waals surface area contributed by atoms with Crippen molar-refractivity contribution in [1.82, 2.24) is 9.80 Å². The molecule has 0 radical (unpaired) electrons. The van der Waals surface area contributed by atoms with Gasteiger partial charge in [0, 0.05) is 26.2 Å². The molecule has 3 rings (SSSR count). The van der Waals surface area contributed by atoms with Gasteiger partial charge < -0.3 is 0 Å². The van der Waals surface area contributed by atoms with E-state index in [0.29, 0.717) is 12.5 Å². The second-order valence-corrected chi connectivity index (χ2v) is 6.85. The zero-order chi connectivity index (χ0) is 16.6. The van der Waals surface area contributed by atoms with Gasteiger partial charge >= 0.3 is 0 Å². The van der Waals surface area contributed by atoms with E-state index < -0.39 is 0 Å². The minimum absolute atomic E-state index is 0.00604. The molecule has 2 fully saturated rings. The molecule has 4 nitrogen and oxygen atoms in total. The summed E-state index contributed by atoms with van der Waals surface area (Å²) in [5.74, 6) is 0.180. The van der Waals surface area contributed by atoms with E-state index in [-0.39, 0.29) is 29.7 Å². The SMILES string of the molecule is CCC(CC)[C@@H]1[C@H]2C(=O)N(C)C(=O)[C@H]2CN1Cc1ccccc1. The first kappa shape index (κ1) is 16.2. The highest BCUT2D eigenvalue weighted by Gasteiger charge is 2.57. The third-order valence-corrected chi connectivity index (χ3v) is 5.68. The molecule has 2 aliphatic heterocycles. The monoisotopic (exact) mass is 314 g/mol. The van der Waals surface area contributed by atoms with Crippen LogP contribution in [-0.2, 0) is 16.1 Å². The van der Waals surface area contributed by atoms with Crippen LogP contribution in [0, 0.1) is 17.8 Å². The average Bonchev–Trinajstić information content (AvgIpc) is 3.02. The number of benzene rings is 1. The summed E-state index contributed by atoms with van der Waals surface area (Å²) in [7, 11) is 1.63. The van der Waals surface area contributed by atoms with Crippen LogP contribution in [0.1, 0.15) is 32.3 Å². The second-order valence-electron chi connectivity index (χ2n) is 6.85. The van der Waals surface area contributed by atoms with Crippen molar-refractivity contribution in [3.63, 3.8) is 0 Å². The van der Waals surface area contributed by atoms with Crippen LogP contribution >= 0.6 is 0 Å². The highest BCUT2D eigenvalue weighted by Crippen LogP contribution is 2.42. The van der Waals surface area contributed by atoms with Crippen LogP contribution in [0.5, 0.6) is 0 Å². The van der Waals surface area contributed by atoms with Gasteiger partial charge in [0.05, 0.1) is 11.8 Å². The van der Waals surface area contributed by atoms with E-state index >= 15 is 0 Å². The van der Waals surface area contributed by atoms with E-state index in [0.717, 1.165) is 19.4 Å². The molecule has 0 bridgehead atoms. The molecule has 0 N–H and O–H groups in total. The maximum atomic E-state index is 12.6. The molecule has 0 unspecified atom stereocenters.